The molecule has 0 radical (unpaired) electrons. The van der Waals surface area contributed by atoms with Crippen molar-refractivity contribution in [1.29, 1.82) is 0 Å². The molecule has 0 aliphatic carbocycles. The number of methoxy groups -OCH3 is 1. The second-order valence-electron chi connectivity index (χ2n) is 3.19. The number of hydrogen-bond acceptors (Lipinski definition) is 2. The zero-order valence-corrected chi connectivity index (χ0v) is 9.27. The van der Waals surface area contributed by atoms with Crippen LogP contribution in [0.2, 0.25) is 5.02 Å². The average Bonchev–Trinajstić information content (AvgIpc) is 2.19. The summed E-state index contributed by atoms with van der Waals surface area (Å²) in [6.07, 6.45) is -4.44. The molecule has 1 aromatic rings. The van der Waals surface area contributed by atoms with E-state index in [9.17, 15) is 13.2 Å². The molecule has 0 bridgehead atoms. The molecule has 0 fully saturated rings. The zero-order chi connectivity index (χ0) is 12.3. The minimum atomic E-state index is -4.44. The van der Waals surface area contributed by atoms with Crippen molar-refractivity contribution in [2.24, 2.45) is 5.73 Å². The molecule has 2 nitrogen and oxygen atoms in total. The molecule has 0 aromatic heterocycles. The summed E-state index contributed by atoms with van der Waals surface area (Å²) < 4.78 is 43.0. The van der Waals surface area contributed by atoms with Crippen LogP contribution < -0.4 is 10.5 Å². The fraction of sp³-hybridized carbons (Fsp3) is 0.400. The largest absolute Gasteiger partial charge is 0.496 e. The summed E-state index contributed by atoms with van der Waals surface area (Å²) in [4.78, 5) is 0. The van der Waals surface area contributed by atoms with E-state index in [0.717, 1.165) is 0 Å². The smallest absolute Gasteiger partial charge is 0.397 e. The summed E-state index contributed by atoms with van der Waals surface area (Å²) in [5, 5.41) is 0.00660. The molecule has 1 atom stereocenters. The van der Waals surface area contributed by atoms with Gasteiger partial charge in [-0.25, -0.2) is 0 Å². The molecule has 1 rings (SSSR count). The van der Waals surface area contributed by atoms with Crippen molar-refractivity contribution in [1.82, 2.24) is 0 Å². The lowest BCUT2D eigenvalue weighted by Gasteiger charge is -2.22. The molecule has 0 aliphatic rings. The van der Waals surface area contributed by atoms with Gasteiger partial charge in [0.1, 0.15) is 5.75 Å². The lowest BCUT2D eigenvalue weighted by molar-refractivity contribution is -0.148. The number of nitrogens with two attached hydrogens (primary N) is 1. The highest BCUT2D eigenvalue weighted by Gasteiger charge is 2.42. The summed E-state index contributed by atoms with van der Waals surface area (Å²) in [6, 6.07) is 4.33. The van der Waals surface area contributed by atoms with Gasteiger partial charge in [0.05, 0.1) is 13.0 Å². The molecule has 0 spiro atoms. The Morgan fingerprint density at radius 2 is 2.06 bits per heavy atom. The fourth-order valence-corrected chi connectivity index (χ4v) is 1.75. The molecule has 0 saturated carbocycles. The Morgan fingerprint density at radius 3 is 2.50 bits per heavy atom. The number of halogens is 4. The van der Waals surface area contributed by atoms with Crippen LogP contribution in [0.3, 0.4) is 0 Å². The lowest BCUT2D eigenvalue weighted by Crippen LogP contribution is -2.28. The van der Waals surface area contributed by atoms with Gasteiger partial charge in [0.15, 0.2) is 0 Å². The Morgan fingerprint density at radius 1 is 1.44 bits per heavy atom. The SMILES string of the molecule is COc1cccc(Cl)c1C(CN)C(F)(F)F. The van der Waals surface area contributed by atoms with Crippen molar-refractivity contribution < 1.29 is 17.9 Å². The molecule has 0 amide bonds. The van der Waals surface area contributed by atoms with E-state index in [1.807, 2.05) is 0 Å². The second kappa shape index (κ2) is 4.93. The lowest BCUT2D eigenvalue weighted by atomic mass is 9.97. The first-order valence-corrected chi connectivity index (χ1v) is 4.88. The second-order valence-corrected chi connectivity index (χ2v) is 3.59. The van der Waals surface area contributed by atoms with Crippen molar-refractivity contribution in [3.63, 3.8) is 0 Å². The summed E-state index contributed by atoms with van der Waals surface area (Å²) in [5.74, 6) is -1.71. The standard InChI is InChI=1S/C10H11ClF3NO/c1-16-8-4-2-3-7(11)9(8)6(5-15)10(12,13)14/h2-4,6H,5,15H2,1H3. The van der Waals surface area contributed by atoms with Gasteiger partial charge in [-0.1, -0.05) is 17.7 Å². The number of alkyl halides is 3. The highest BCUT2D eigenvalue weighted by Crippen LogP contribution is 2.41. The van der Waals surface area contributed by atoms with Gasteiger partial charge in [0.2, 0.25) is 0 Å². The van der Waals surface area contributed by atoms with Crippen molar-refractivity contribution in [2.75, 3.05) is 13.7 Å². The van der Waals surface area contributed by atoms with Gasteiger partial charge in [0.25, 0.3) is 0 Å². The van der Waals surface area contributed by atoms with Gasteiger partial charge in [-0.3, -0.25) is 0 Å². The average molecular weight is 254 g/mol. The number of rotatable bonds is 3. The van der Waals surface area contributed by atoms with Gasteiger partial charge in [0, 0.05) is 17.1 Å². The van der Waals surface area contributed by atoms with E-state index in [1.54, 1.807) is 0 Å². The zero-order valence-electron chi connectivity index (χ0n) is 8.51. The van der Waals surface area contributed by atoms with Crippen LogP contribution in [0.1, 0.15) is 11.5 Å². The quantitative estimate of drug-likeness (QED) is 0.899. The van der Waals surface area contributed by atoms with Gasteiger partial charge < -0.3 is 10.5 Å². The molecule has 1 unspecified atom stereocenters. The van der Waals surface area contributed by atoms with Crippen molar-refractivity contribution in [2.45, 2.75) is 12.1 Å². The third kappa shape index (κ3) is 2.59. The summed E-state index contributed by atoms with van der Waals surface area (Å²) in [6.45, 7) is -0.566. The maximum absolute atomic E-state index is 12.7. The normalized spacial score (nSPS) is 13.6. The molecule has 0 heterocycles. The highest BCUT2D eigenvalue weighted by atomic mass is 35.5. The maximum atomic E-state index is 12.7. The van der Waals surface area contributed by atoms with Gasteiger partial charge in [-0.05, 0) is 12.1 Å². The monoisotopic (exact) mass is 253 g/mol. The van der Waals surface area contributed by atoms with E-state index in [0.29, 0.717) is 0 Å². The summed E-state index contributed by atoms with van der Waals surface area (Å²) in [5.41, 5.74) is 5.04. The first-order valence-electron chi connectivity index (χ1n) is 4.51. The van der Waals surface area contributed by atoms with E-state index in [4.69, 9.17) is 22.1 Å². The number of benzene rings is 1. The first kappa shape index (κ1) is 13.1. The van der Waals surface area contributed by atoms with Crippen LogP contribution in [0, 0.1) is 0 Å². The Kier molecular flexibility index (Phi) is 4.04. The van der Waals surface area contributed by atoms with Crippen molar-refractivity contribution >= 4 is 11.6 Å². The van der Waals surface area contributed by atoms with E-state index >= 15 is 0 Å². The molecule has 90 valence electrons. The van der Waals surface area contributed by atoms with Gasteiger partial charge in [-0.2, -0.15) is 13.2 Å². The van der Waals surface area contributed by atoms with Crippen LogP contribution in [0.15, 0.2) is 18.2 Å². The van der Waals surface area contributed by atoms with Crippen molar-refractivity contribution in [3.8, 4) is 5.75 Å². The Labute approximate surface area is 96.1 Å². The van der Waals surface area contributed by atoms with Crippen LogP contribution in [0.5, 0.6) is 5.75 Å². The van der Waals surface area contributed by atoms with Crippen LogP contribution >= 0.6 is 11.6 Å². The topological polar surface area (TPSA) is 35.2 Å². The number of hydrogen-bond donors (Lipinski definition) is 1. The van der Waals surface area contributed by atoms with Crippen LogP contribution in [-0.2, 0) is 0 Å². The summed E-state index contributed by atoms with van der Waals surface area (Å²) >= 11 is 5.75. The Hall–Kier alpha value is -0.940. The molecular formula is C10H11ClF3NO. The first-order chi connectivity index (χ1) is 7.41. The molecule has 6 heteroatoms. The molecule has 1 aromatic carbocycles. The molecule has 16 heavy (non-hydrogen) atoms. The third-order valence-corrected chi connectivity index (χ3v) is 2.54. The minimum Gasteiger partial charge on any atom is -0.496 e. The van der Waals surface area contributed by atoms with Crippen LogP contribution in [-0.4, -0.2) is 19.8 Å². The van der Waals surface area contributed by atoms with Crippen LogP contribution in [0.25, 0.3) is 0 Å². The maximum Gasteiger partial charge on any atom is 0.397 e. The van der Waals surface area contributed by atoms with Gasteiger partial charge in [-0.15, -0.1) is 0 Å². The molecule has 0 aliphatic heterocycles. The predicted octanol–water partition coefficient (Wildman–Crippen LogP) is 2.95. The predicted molar refractivity (Wildman–Crippen MR) is 55.9 cm³/mol. The minimum absolute atomic E-state index is 0.00660. The Balaban J connectivity index is 3.29. The van der Waals surface area contributed by atoms with E-state index < -0.39 is 18.6 Å². The highest BCUT2D eigenvalue weighted by molar-refractivity contribution is 6.31. The van der Waals surface area contributed by atoms with Crippen molar-refractivity contribution in [3.05, 3.63) is 28.8 Å². The summed E-state index contributed by atoms with van der Waals surface area (Å²) in [7, 11) is 1.29. The third-order valence-electron chi connectivity index (χ3n) is 2.21. The Bertz CT molecular complexity index is 368. The van der Waals surface area contributed by atoms with E-state index in [1.165, 1.54) is 25.3 Å². The molecule has 2 N–H and O–H groups in total. The molecule has 0 saturated heterocycles. The van der Waals surface area contributed by atoms with Gasteiger partial charge >= 0.3 is 6.18 Å². The van der Waals surface area contributed by atoms with E-state index in [-0.39, 0.29) is 16.3 Å². The fourth-order valence-electron chi connectivity index (χ4n) is 1.45. The van der Waals surface area contributed by atoms with Crippen LogP contribution in [0.4, 0.5) is 13.2 Å². The van der Waals surface area contributed by atoms with E-state index in [2.05, 4.69) is 0 Å². The number of ether oxygens (including phenoxy) is 1. The molecular weight excluding hydrogens is 243 g/mol.